The molecule has 2 aromatic carbocycles. The zero-order valence-corrected chi connectivity index (χ0v) is 44.0. The van der Waals surface area contributed by atoms with Crippen LogP contribution >= 0.6 is 11.6 Å². The van der Waals surface area contributed by atoms with Crippen molar-refractivity contribution in [3.8, 4) is 23.2 Å². The maximum atomic E-state index is 14.8. The Labute approximate surface area is 450 Å². The summed E-state index contributed by atoms with van der Waals surface area (Å²) in [6.45, 7) is 0.912. The average molecular weight is 1110 g/mol. The van der Waals surface area contributed by atoms with E-state index in [0.29, 0.717) is 46.2 Å². The number of aliphatic hydroxyl groups is 1. The molecule has 7 N–H and O–H groups in total. The molecule has 3 aromatic heterocycles. The van der Waals surface area contributed by atoms with Crippen LogP contribution in [0.1, 0.15) is 79.3 Å². The second-order valence-electron chi connectivity index (χ2n) is 18.3. The fourth-order valence-corrected chi connectivity index (χ4v) is 9.09. The van der Waals surface area contributed by atoms with Crippen LogP contribution in [-0.2, 0) is 84.6 Å². The van der Waals surface area contributed by atoms with Crippen molar-refractivity contribution in [1.29, 1.82) is 0 Å². The lowest BCUT2D eigenvalue weighted by atomic mass is 9.86. The van der Waals surface area contributed by atoms with Gasteiger partial charge in [-0.2, -0.15) is 0 Å². The van der Waals surface area contributed by atoms with Crippen molar-refractivity contribution < 1.29 is 61.0 Å². The van der Waals surface area contributed by atoms with Crippen molar-refractivity contribution >= 4 is 73.8 Å². The summed E-state index contributed by atoms with van der Waals surface area (Å²) in [4.78, 5) is 116. The van der Waals surface area contributed by atoms with Gasteiger partial charge in [0, 0.05) is 67.0 Å². The topological polar surface area (TPSA) is 325 Å². The fourth-order valence-electron chi connectivity index (χ4n) is 8.44. The van der Waals surface area contributed by atoms with Crippen LogP contribution in [-0.4, -0.2) is 119 Å². The lowest BCUT2D eigenvalue weighted by Gasteiger charge is -2.31. The van der Waals surface area contributed by atoms with Crippen LogP contribution in [0.25, 0.3) is 22.3 Å². The molecular weight excluding hydrogens is 1060 g/mol. The summed E-state index contributed by atoms with van der Waals surface area (Å²) in [6.07, 6.45) is 3.32. The van der Waals surface area contributed by atoms with Gasteiger partial charge in [-0.1, -0.05) is 60.7 Å². The first kappa shape index (κ1) is 57.5. The summed E-state index contributed by atoms with van der Waals surface area (Å²) >= 11 is 6.20. The zero-order chi connectivity index (χ0) is 56.3. The number of fused-ring (bicyclic) bond motifs is 5. The normalized spacial score (nSPS) is 15.0. The molecule has 23 nitrogen and oxygen atoms in total. The monoisotopic (exact) mass is 1110 g/mol. The van der Waals surface area contributed by atoms with Gasteiger partial charge < -0.3 is 51.0 Å². The summed E-state index contributed by atoms with van der Waals surface area (Å²) in [5.41, 5.74) is 0.501. The van der Waals surface area contributed by atoms with E-state index in [1.807, 2.05) is 0 Å². The van der Waals surface area contributed by atoms with Gasteiger partial charge in [-0.3, -0.25) is 33.6 Å². The molecule has 0 saturated heterocycles. The maximum Gasteiger partial charge on any atom is 0.343 e. The Kier molecular flexibility index (Phi) is 18.7. The van der Waals surface area contributed by atoms with Crippen LogP contribution in [0.15, 0.2) is 70.9 Å². The van der Waals surface area contributed by atoms with Gasteiger partial charge in [-0.25, -0.2) is 32.6 Å². The summed E-state index contributed by atoms with van der Waals surface area (Å²) in [5.74, 6) is 0.302. The number of hydrogen-bond acceptors (Lipinski definition) is 16. The zero-order valence-electron chi connectivity index (χ0n) is 42.4. The first-order chi connectivity index (χ1) is 37.1. The number of halogens is 2. The predicted octanol–water partition coefficient (Wildman–Crippen LogP) is 0.849. The number of amides is 6. The van der Waals surface area contributed by atoms with Gasteiger partial charge in [0.2, 0.25) is 50.4 Å². The number of hydrogen-bond donors (Lipinski definition) is 7. The maximum absolute atomic E-state index is 14.8. The van der Waals surface area contributed by atoms with Gasteiger partial charge in [0.05, 0.1) is 71.8 Å². The molecule has 5 heterocycles. The Hall–Kier alpha value is -8.18. The van der Waals surface area contributed by atoms with Gasteiger partial charge in [0.25, 0.3) is 5.56 Å². The van der Waals surface area contributed by atoms with E-state index >= 15 is 0 Å². The highest BCUT2D eigenvalue weighted by molar-refractivity contribution is 7.90. The van der Waals surface area contributed by atoms with Gasteiger partial charge in [0.1, 0.15) is 25.2 Å². The first-order valence-electron chi connectivity index (χ1n) is 24.4. The number of cyclic esters (lactones) is 1. The number of nitrogens with one attached hydrogen (secondary N) is 6. The minimum atomic E-state index is -3.54. The minimum Gasteiger partial charge on any atom is -0.458 e. The molecular formula is C52H54ClFN10O13S. The Balaban J connectivity index is 0.847. The number of carbonyl (C=O) groups excluding carboxylic acids is 7. The molecule has 26 heteroatoms. The lowest BCUT2D eigenvalue weighted by molar-refractivity contribution is -0.172. The summed E-state index contributed by atoms with van der Waals surface area (Å²) in [7, 11) is -3.54. The third-order valence-corrected chi connectivity index (χ3v) is 13.7. The van der Waals surface area contributed by atoms with Crippen LogP contribution in [0.3, 0.4) is 0 Å². The fraction of sp³-hybridized carbons (Fsp3) is 0.365. The van der Waals surface area contributed by atoms with Crippen LogP contribution in [0.2, 0.25) is 5.02 Å². The molecule has 3 atom stereocenters. The van der Waals surface area contributed by atoms with E-state index in [1.54, 1.807) is 44.2 Å². The van der Waals surface area contributed by atoms with E-state index in [-0.39, 0.29) is 84.6 Å². The number of aromatic nitrogens is 4. The highest BCUT2D eigenvalue weighted by Gasteiger charge is 2.45. The van der Waals surface area contributed by atoms with E-state index < -0.39 is 100 Å². The molecule has 0 fully saturated rings. The van der Waals surface area contributed by atoms with Gasteiger partial charge in [-0.15, -0.1) is 0 Å². The van der Waals surface area contributed by atoms with Gasteiger partial charge in [0.15, 0.2) is 5.60 Å². The standard InChI is InChI=1S/C52H54ClFN10O13S/c1-4-52(73)36-18-41-47-34(26-64(41)49(71)35(36)27-76-50(52)72)33(32-17-37(53)38(54)19-39(32)63-47)22-55-43(66)15-29(2)77-28-61-45(68)24-58-48(70)40(16-30-11-7-5-8-12-30)62-46(69)25-57-44(67)23-56-42(65)14-10-6-9-13-31-20-59-51(60-21-31)78(3,74)75/h5,7-8,11-12,17-21,29,40,73H,4,6,10,14-16,22-28H2,1-3H3,(H,55,66)(H,56,65)(H,57,67)(H,58,70)(H,61,68)(H,62,69)/t29-,40+,52+/m1/s1. The van der Waals surface area contributed by atoms with E-state index in [0.717, 1.165) is 12.3 Å². The molecule has 0 aliphatic carbocycles. The van der Waals surface area contributed by atoms with Crippen molar-refractivity contribution in [3.05, 3.63) is 115 Å². The van der Waals surface area contributed by atoms with E-state index in [4.69, 9.17) is 21.1 Å². The van der Waals surface area contributed by atoms with Crippen molar-refractivity contribution in [2.45, 2.75) is 95.0 Å². The molecule has 78 heavy (non-hydrogen) atoms. The molecule has 2 aliphatic rings. The number of nitrogens with zero attached hydrogens (tertiary/aromatic N) is 4. The third kappa shape index (κ3) is 14.2. The largest absolute Gasteiger partial charge is 0.458 e. The highest BCUT2D eigenvalue weighted by atomic mass is 35.5. The van der Waals surface area contributed by atoms with E-state index in [1.165, 1.54) is 29.1 Å². The summed E-state index contributed by atoms with van der Waals surface area (Å²) in [6, 6.07) is 11.6. The van der Waals surface area contributed by atoms with Crippen molar-refractivity contribution in [1.82, 2.24) is 51.4 Å². The third-order valence-electron chi connectivity index (χ3n) is 12.6. The Morgan fingerprint density at radius 1 is 0.923 bits per heavy atom. The predicted molar refractivity (Wildman–Crippen MR) is 276 cm³/mol. The molecule has 6 amide bonds. The highest BCUT2D eigenvalue weighted by Crippen LogP contribution is 2.41. The second kappa shape index (κ2) is 25.3. The molecule has 0 unspecified atom stereocenters. The smallest absolute Gasteiger partial charge is 0.343 e. The molecule has 5 aromatic rings. The van der Waals surface area contributed by atoms with Crippen LogP contribution in [0, 0.1) is 17.7 Å². The molecule has 0 spiro atoms. The number of unbranched alkanes of at least 4 members (excludes halogenated alkanes) is 1. The molecule has 0 bridgehead atoms. The summed E-state index contributed by atoms with van der Waals surface area (Å²) < 4.78 is 50.0. The Bertz CT molecular complexity index is 3430. The summed E-state index contributed by atoms with van der Waals surface area (Å²) in [5, 5.41) is 26.4. The second-order valence-corrected chi connectivity index (χ2v) is 20.6. The van der Waals surface area contributed by atoms with Gasteiger partial charge in [-0.05, 0) is 43.0 Å². The number of carbonyl (C=O) groups is 7. The van der Waals surface area contributed by atoms with Crippen LogP contribution in [0.4, 0.5) is 4.39 Å². The first-order valence-corrected chi connectivity index (χ1v) is 26.7. The Morgan fingerprint density at radius 2 is 1.62 bits per heavy atom. The number of ether oxygens (including phenoxy) is 2. The Morgan fingerprint density at radius 3 is 2.33 bits per heavy atom. The van der Waals surface area contributed by atoms with E-state index in [2.05, 4.69) is 58.7 Å². The van der Waals surface area contributed by atoms with Crippen molar-refractivity contribution in [3.63, 3.8) is 0 Å². The SMILES string of the molecule is CC[C@@]1(O)C(=O)OCc2c1cc1n(c2=O)Cc2c-1nc1cc(F)c(Cl)cc1c2CNC(=O)C[C@@H](C)OCNC(=O)CNC(=O)[C@H](Cc1ccccc1)NC(=O)CNC(=O)CNC(=O)CCCC#Cc1cnc(S(C)(=O)=O)nc1. The van der Waals surface area contributed by atoms with Crippen molar-refractivity contribution in [2.75, 3.05) is 32.6 Å². The molecule has 7 rings (SSSR count). The molecule has 410 valence electrons. The van der Waals surface area contributed by atoms with Crippen LogP contribution < -0.4 is 37.5 Å². The number of esters is 1. The van der Waals surface area contributed by atoms with Gasteiger partial charge >= 0.3 is 5.97 Å². The number of benzene rings is 2. The van der Waals surface area contributed by atoms with Crippen molar-refractivity contribution in [2.24, 2.45) is 0 Å². The molecule has 0 radical (unpaired) electrons. The molecule has 2 aliphatic heterocycles. The lowest BCUT2D eigenvalue weighted by Crippen LogP contribution is -2.52. The number of sulfone groups is 1. The van der Waals surface area contributed by atoms with Crippen LogP contribution in [0.5, 0.6) is 0 Å². The number of pyridine rings is 2. The minimum absolute atomic E-state index is 0.00119. The molecule has 0 saturated carbocycles. The quantitative estimate of drug-likeness (QED) is 0.0163. The number of rotatable bonds is 22. The van der Waals surface area contributed by atoms with E-state index in [9.17, 15) is 56.3 Å². The average Bonchev–Trinajstić information content (AvgIpc) is 3.97.